The average molecular weight is 440 g/mol. The third-order valence-electron chi connectivity index (χ3n) is 3.66. The maximum atomic E-state index is 14.6. The largest absolute Gasteiger partial charge is 0.439 e. The van der Waals surface area contributed by atoms with Crippen LogP contribution in [0.1, 0.15) is 12.5 Å². The van der Waals surface area contributed by atoms with Gasteiger partial charge in [-0.3, -0.25) is 4.79 Å². The van der Waals surface area contributed by atoms with Crippen LogP contribution < -0.4 is 10.3 Å². The Morgan fingerprint density at radius 2 is 1.89 bits per heavy atom. The van der Waals surface area contributed by atoms with Gasteiger partial charge in [-0.25, -0.2) is 4.39 Å². The van der Waals surface area contributed by atoms with E-state index >= 15 is 0 Å². The fourth-order valence-electron chi connectivity index (χ4n) is 2.38. The van der Waals surface area contributed by atoms with E-state index in [0.717, 1.165) is 11.3 Å². The van der Waals surface area contributed by atoms with Crippen molar-refractivity contribution in [1.29, 1.82) is 0 Å². The Morgan fingerprint density at radius 3 is 2.52 bits per heavy atom. The van der Waals surface area contributed by atoms with Gasteiger partial charge in [-0.15, -0.1) is 0 Å². The number of rotatable bonds is 3. The third kappa shape index (κ3) is 4.35. The molecule has 0 spiro atoms. The van der Waals surface area contributed by atoms with Gasteiger partial charge in [0.15, 0.2) is 10.1 Å². The number of benzene rings is 2. The van der Waals surface area contributed by atoms with Crippen LogP contribution in [0, 0.1) is 12.7 Å². The van der Waals surface area contributed by atoms with Crippen LogP contribution in [0.2, 0.25) is 10.0 Å². The van der Waals surface area contributed by atoms with Crippen molar-refractivity contribution in [3.05, 3.63) is 68.2 Å². The summed E-state index contributed by atoms with van der Waals surface area (Å²) in [5, 5.41) is 1.66. The highest BCUT2D eigenvalue weighted by Gasteiger charge is 2.21. The lowest BCUT2D eigenvalue weighted by atomic mass is 10.1. The molecule has 2 aromatic carbocycles. The van der Waals surface area contributed by atoms with E-state index < -0.39 is 11.4 Å². The van der Waals surface area contributed by atoms with Gasteiger partial charge in [0.2, 0.25) is 0 Å². The van der Waals surface area contributed by atoms with Crippen molar-refractivity contribution in [2.75, 3.05) is 0 Å². The second kappa shape index (κ2) is 8.02. The lowest BCUT2D eigenvalue weighted by Crippen LogP contribution is -2.13. The summed E-state index contributed by atoms with van der Waals surface area (Å²) in [5.74, 6) is -0.589. The molecule has 138 valence electrons. The van der Waals surface area contributed by atoms with Crippen LogP contribution in [0.3, 0.4) is 0 Å². The van der Waals surface area contributed by atoms with E-state index in [2.05, 4.69) is 4.98 Å². The number of ether oxygens (including phenoxy) is 1. The molecule has 0 atom stereocenters. The lowest BCUT2D eigenvalue weighted by Gasteiger charge is -2.12. The summed E-state index contributed by atoms with van der Waals surface area (Å²) < 4.78 is 20.1. The zero-order chi connectivity index (χ0) is 19.7. The molecule has 0 saturated heterocycles. The quantitative estimate of drug-likeness (QED) is 0.447. The molecule has 0 bridgehead atoms. The van der Waals surface area contributed by atoms with E-state index in [4.69, 9.17) is 40.2 Å². The van der Waals surface area contributed by atoms with Gasteiger partial charge in [-0.1, -0.05) is 46.7 Å². The van der Waals surface area contributed by atoms with Gasteiger partial charge in [-0.2, -0.15) is 4.98 Å². The molecule has 0 saturated carbocycles. The molecular formula is C19H12Cl2FNO2S2. The summed E-state index contributed by atoms with van der Waals surface area (Å²) in [7, 11) is 0. The molecular weight excluding hydrogens is 428 g/mol. The summed E-state index contributed by atoms with van der Waals surface area (Å²) in [6.45, 7) is 3.24. The molecule has 0 unspecified atom stereocenters. The molecule has 27 heavy (non-hydrogen) atoms. The maximum absolute atomic E-state index is 14.6. The molecule has 0 aliphatic heterocycles. The molecule has 3 nitrogen and oxygen atoms in total. The first kappa shape index (κ1) is 19.9. The van der Waals surface area contributed by atoms with Crippen molar-refractivity contribution in [2.24, 2.45) is 0 Å². The molecule has 1 heterocycles. The minimum atomic E-state index is -0.635. The number of halogens is 3. The van der Waals surface area contributed by atoms with Crippen LogP contribution >= 0.6 is 46.8 Å². The summed E-state index contributed by atoms with van der Waals surface area (Å²) in [6.07, 6.45) is 0. The molecule has 1 aromatic heterocycles. The number of nitrogens with zero attached hydrogens (tertiary/aromatic N) is 1. The minimum absolute atomic E-state index is 0.0127. The average Bonchev–Trinajstić information content (AvgIpc) is 2.58. The number of aromatic nitrogens is 1. The summed E-state index contributed by atoms with van der Waals surface area (Å²) >= 11 is 18.1. The van der Waals surface area contributed by atoms with E-state index in [1.54, 1.807) is 38.1 Å². The van der Waals surface area contributed by atoms with E-state index in [9.17, 15) is 9.18 Å². The second-order valence-electron chi connectivity index (χ2n) is 5.67. The Hall–Kier alpha value is -1.86. The predicted molar refractivity (Wildman–Crippen MR) is 113 cm³/mol. The normalized spacial score (nSPS) is 10.7. The smallest absolute Gasteiger partial charge is 0.283 e. The highest BCUT2D eigenvalue weighted by atomic mass is 35.5. The third-order valence-corrected chi connectivity index (χ3v) is 5.39. The monoisotopic (exact) mass is 439 g/mol. The summed E-state index contributed by atoms with van der Waals surface area (Å²) in [4.78, 5) is 16.9. The molecule has 0 radical (unpaired) electrons. The molecule has 0 aliphatic rings. The summed E-state index contributed by atoms with van der Waals surface area (Å²) in [6, 6.07) is 9.51. The van der Waals surface area contributed by atoms with Gasteiger partial charge in [-0.05, 0) is 49.0 Å². The highest BCUT2D eigenvalue weighted by Crippen LogP contribution is 2.38. The molecule has 0 aliphatic carbocycles. The SMILES string of the molecule is CC(=S)Oc1sc(-c2ccc(Cl)cc2)nc(=O)c1-c1cc(Cl)c(C)cc1F. The number of aryl methyl sites for hydroxylation is 1. The van der Waals surface area contributed by atoms with E-state index in [-0.39, 0.29) is 21.2 Å². The van der Waals surface area contributed by atoms with Gasteiger partial charge >= 0.3 is 0 Å². The maximum Gasteiger partial charge on any atom is 0.283 e. The number of hydrogen-bond donors (Lipinski definition) is 0. The number of thiocarbonyl (C=S) groups is 1. The fourth-order valence-corrected chi connectivity index (χ4v) is 3.83. The Labute approximate surface area is 174 Å². The molecule has 3 aromatic rings. The van der Waals surface area contributed by atoms with Gasteiger partial charge in [0.25, 0.3) is 5.56 Å². The Morgan fingerprint density at radius 1 is 1.22 bits per heavy atom. The Kier molecular flexibility index (Phi) is 5.91. The first-order chi connectivity index (χ1) is 12.8. The van der Waals surface area contributed by atoms with Crippen molar-refractivity contribution < 1.29 is 9.13 Å². The molecule has 0 fully saturated rings. The molecule has 0 amide bonds. The standard InChI is InChI=1S/C19H12Cl2FNO2S2/c1-9-7-15(22)13(8-14(9)21)16-17(24)23-18(27-19(16)25-10(2)26)11-3-5-12(20)6-4-11/h3-8H,1-2H3. The Bertz CT molecular complexity index is 1100. The van der Waals surface area contributed by atoms with Crippen LogP contribution in [-0.2, 0) is 0 Å². The molecule has 0 N–H and O–H groups in total. The lowest BCUT2D eigenvalue weighted by molar-refractivity contribution is 0.575. The van der Waals surface area contributed by atoms with Crippen LogP contribution in [0.15, 0.2) is 41.2 Å². The van der Waals surface area contributed by atoms with Crippen LogP contribution in [0.25, 0.3) is 21.7 Å². The van der Waals surface area contributed by atoms with E-state index in [1.807, 2.05) is 0 Å². The van der Waals surface area contributed by atoms with Crippen molar-refractivity contribution in [1.82, 2.24) is 4.98 Å². The Balaban J connectivity index is 2.25. The van der Waals surface area contributed by atoms with Gasteiger partial charge in [0.05, 0.1) is 0 Å². The highest BCUT2D eigenvalue weighted by molar-refractivity contribution is 7.80. The van der Waals surface area contributed by atoms with Crippen molar-refractivity contribution in [3.8, 4) is 26.8 Å². The number of hydrogen-bond acceptors (Lipinski definition) is 5. The molecule has 3 rings (SSSR count). The predicted octanol–water partition coefficient (Wildman–Crippen LogP) is 6.32. The summed E-state index contributed by atoms with van der Waals surface area (Å²) in [5.41, 5.74) is 0.619. The van der Waals surface area contributed by atoms with Crippen LogP contribution in [0.5, 0.6) is 5.06 Å². The zero-order valence-corrected chi connectivity index (χ0v) is 17.3. The van der Waals surface area contributed by atoms with Crippen molar-refractivity contribution in [2.45, 2.75) is 13.8 Å². The molecule has 8 heteroatoms. The van der Waals surface area contributed by atoms with E-state index in [1.165, 1.54) is 12.1 Å². The van der Waals surface area contributed by atoms with Gasteiger partial charge in [0.1, 0.15) is 16.4 Å². The van der Waals surface area contributed by atoms with E-state index in [0.29, 0.717) is 26.2 Å². The fraction of sp³-hybridized carbons (Fsp3) is 0.105. The van der Waals surface area contributed by atoms with Crippen molar-refractivity contribution >= 4 is 51.8 Å². The van der Waals surface area contributed by atoms with Crippen LogP contribution in [0.4, 0.5) is 4.39 Å². The van der Waals surface area contributed by atoms with Crippen LogP contribution in [-0.4, -0.2) is 10.0 Å². The first-order valence-corrected chi connectivity index (χ1v) is 9.70. The van der Waals surface area contributed by atoms with Gasteiger partial charge in [0, 0.05) is 28.1 Å². The zero-order valence-electron chi connectivity index (χ0n) is 14.2. The van der Waals surface area contributed by atoms with Crippen molar-refractivity contribution in [3.63, 3.8) is 0 Å². The topological polar surface area (TPSA) is 39.2 Å². The van der Waals surface area contributed by atoms with Gasteiger partial charge < -0.3 is 4.74 Å². The second-order valence-corrected chi connectivity index (χ2v) is 8.05. The minimum Gasteiger partial charge on any atom is -0.439 e. The first-order valence-electron chi connectivity index (χ1n) is 7.71.